The third-order valence-corrected chi connectivity index (χ3v) is 2.36. The quantitative estimate of drug-likeness (QED) is 0.680. The van der Waals surface area contributed by atoms with E-state index in [1.54, 1.807) is 12.1 Å². The van der Waals surface area contributed by atoms with Gasteiger partial charge in [-0.2, -0.15) is 0 Å². The molecule has 1 aromatic carbocycles. The molecule has 0 unspecified atom stereocenters. The van der Waals surface area contributed by atoms with Gasteiger partial charge >= 0.3 is 5.97 Å². The Morgan fingerprint density at radius 1 is 1.33 bits per heavy atom. The van der Waals surface area contributed by atoms with Crippen molar-refractivity contribution in [2.75, 3.05) is 6.54 Å². The van der Waals surface area contributed by atoms with Crippen LogP contribution in [0.4, 0.5) is 4.39 Å². The predicted molar refractivity (Wildman–Crippen MR) is 63.3 cm³/mol. The number of halogens is 1. The number of amides is 1. The summed E-state index contributed by atoms with van der Waals surface area (Å²) >= 11 is 0. The number of hydrogen-bond acceptors (Lipinski definition) is 3. The zero-order valence-corrected chi connectivity index (χ0v) is 9.73. The molecule has 0 heterocycles. The van der Waals surface area contributed by atoms with Crippen LogP contribution >= 0.6 is 0 Å². The van der Waals surface area contributed by atoms with Crippen molar-refractivity contribution in [3.05, 3.63) is 35.6 Å². The largest absolute Gasteiger partial charge is 0.481 e. The van der Waals surface area contributed by atoms with Crippen LogP contribution in [0.2, 0.25) is 0 Å². The summed E-state index contributed by atoms with van der Waals surface area (Å²) < 4.78 is 12.6. The molecule has 5 nitrogen and oxygen atoms in total. The molecule has 1 aromatic rings. The van der Waals surface area contributed by atoms with Crippen molar-refractivity contribution in [1.82, 2.24) is 5.32 Å². The molecule has 18 heavy (non-hydrogen) atoms. The van der Waals surface area contributed by atoms with Gasteiger partial charge in [-0.25, -0.2) is 4.39 Å². The van der Waals surface area contributed by atoms with Gasteiger partial charge in [0.1, 0.15) is 5.82 Å². The molecular formula is C12H15FN2O3. The minimum absolute atomic E-state index is 0.314. The number of carboxylic acid groups (broad SMARTS) is 1. The minimum atomic E-state index is -1.11. The number of rotatable bonds is 6. The molecule has 0 spiro atoms. The number of carbonyl (C=O) groups is 2. The predicted octanol–water partition coefficient (Wildman–Crippen LogP) is 0.286. The highest BCUT2D eigenvalue weighted by atomic mass is 19.1. The van der Waals surface area contributed by atoms with E-state index < -0.39 is 24.3 Å². The van der Waals surface area contributed by atoms with Crippen molar-refractivity contribution in [2.45, 2.75) is 18.9 Å². The van der Waals surface area contributed by atoms with Gasteiger partial charge in [0.2, 0.25) is 5.91 Å². The lowest BCUT2D eigenvalue weighted by molar-refractivity contribution is -0.139. The maximum Gasteiger partial charge on any atom is 0.305 e. The Morgan fingerprint density at radius 3 is 2.50 bits per heavy atom. The number of carboxylic acids is 1. The SMILES string of the molecule is N[C@H](CC(=O)O)C(=O)NCCc1ccc(F)cc1. The van der Waals surface area contributed by atoms with Crippen molar-refractivity contribution in [2.24, 2.45) is 5.73 Å². The van der Waals surface area contributed by atoms with Crippen LogP contribution in [0.1, 0.15) is 12.0 Å². The van der Waals surface area contributed by atoms with Crippen LogP contribution in [-0.4, -0.2) is 29.6 Å². The minimum Gasteiger partial charge on any atom is -0.481 e. The Kier molecular flexibility index (Phi) is 5.26. The molecule has 0 aliphatic carbocycles. The molecular weight excluding hydrogens is 239 g/mol. The molecule has 0 aliphatic rings. The number of hydrogen-bond donors (Lipinski definition) is 3. The molecule has 6 heteroatoms. The van der Waals surface area contributed by atoms with Crippen molar-refractivity contribution in [3.63, 3.8) is 0 Å². The summed E-state index contributed by atoms with van der Waals surface area (Å²) in [4.78, 5) is 21.7. The van der Waals surface area contributed by atoms with Crippen LogP contribution < -0.4 is 11.1 Å². The monoisotopic (exact) mass is 254 g/mol. The van der Waals surface area contributed by atoms with Crippen molar-refractivity contribution >= 4 is 11.9 Å². The molecule has 1 rings (SSSR count). The summed E-state index contributed by atoms with van der Waals surface area (Å²) in [7, 11) is 0. The number of nitrogens with one attached hydrogen (secondary N) is 1. The van der Waals surface area contributed by atoms with E-state index in [4.69, 9.17) is 10.8 Å². The van der Waals surface area contributed by atoms with E-state index in [1.807, 2.05) is 0 Å². The molecule has 0 aliphatic heterocycles. The first-order valence-corrected chi connectivity index (χ1v) is 5.48. The second-order valence-corrected chi connectivity index (χ2v) is 3.87. The van der Waals surface area contributed by atoms with Gasteiger partial charge in [-0.05, 0) is 24.1 Å². The Balaban J connectivity index is 2.31. The smallest absolute Gasteiger partial charge is 0.305 e. The summed E-state index contributed by atoms with van der Waals surface area (Å²) in [6.45, 7) is 0.331. The lowest BCUT2D eigenvalue weighted by Crippen LogP contribution is -2.42. The first kappa shape index (κ1) is 14.1. The maximum absolute atomic E-state index is 12.6. The average molecular weight is 254 g/mol. The van der Waals surface area contributed by atoms with Crippen molar-refractivity contribution in [3.8, 4) is 0 Å². The van der Waals surface area contributed by atoms with Crippen LogP contribution in [0.15, 0.2) is 24.3 Å². The van der Waals surface area contributed by atoms with Crippen molar-refractivity contribution < 1.29 is 19.1 Å². The Bertz CT molecular complexity index is 420. The summed E-state index contributed by atoms with van der Waals surface area (Å²) in [5.41, 5.74) is 6.25. The first-order valence-electron chi connectivity index (χ1n) is 5.48. The number of aliphatic carboxylic acids is 1. The molecule has 0 saturated carbocycles. The van der Waals surface area contributed by atoms with Gasteiger partial charge in [0, 0.05) is 6.54 Å². The van der Waals surface area contributed by atoms with E-state index in [-0.39, 0.29) is 5.82 Å². The van der Waals surface area contributed by atoms with Gasteiger partial charge in [0.15, 0.2) is 0 Å². The third kappa shape index (κ3) is 4.92. The molecule has 0 radical (unpaired) electrons. The van der Waals surface area contributed by atoms with E-state index in [0.29, 0.717) is 13.0 Å². The maximum atomic E-state index is 12.6. The summed E-state index contributed by atoms with van der Waals surface area (Å²) in [6, 6.07) is 4.88. The van der Waals surface area contributed by atoms with Crippen LogP contribution in [0.25, 0.3) is 0 Å². The molecule has 0 bridgehead atoms. The van der Waals surface area contributed by atoms with Gasteiger partial charge in [-0.3, -0.25) is 9.59 Å². The van der Waals surface area contributed by atoms with E-state index in [0.717, 1.165) is 5.56 Å². The van der Waals surface area contributed by atoms with E-state index in [1.165, 1.54) is 12.1 Å². The fraction of sp³-hybridized carbons (Fsp3) is 0.333. The lowest BCUT2D eigenvalue weighted by Gasteiger charge is -2.10. The van der Waals surface area contributed by atoms with Crippen LogP contribution in [0, 0.1) is 5.82 Å². The summed E-state index contributed by atoms with van der Waals surface area (Å²) in [6.07, 6.45) is 0.133. The van der Waals surface area contributed by atoms with Crippen LogP contribution in [0.3, 0.4) is 0 Å². The highest BCUT2D eigenvalue weighted by Gasteiger charge is 2.16. The average Bonchev–Trinajstić information content (AvgIpc) is 2.30. The molecule has 1 amide bonds. The van der Waals surface area contributed by atoms with Crippen LogP contribution in [-0.2, 0) is 16.0 Å². The van der Waals surface area contributed by atoms with E-state index >= 15 is 0 Å². The molecule has 0 saturated heterocycles. The van der Waals surface area contributed by atoms with Gasteiger partial charge in [0.25, 0.3) is 0 Å². The van der Waals surface area contributed by atoms with E-state index in [9.17, 15) is 14.0 Å². The first-order chi connectivity index (χ1) is 8.49. The number of benzene rings is 1. The molecule has 4 N–H and O–H groups in total. The standard InChI is InChI=1S/C12H15FN2O3/c13-9-3-1-8(2-4-9)5-6-15-12(18)10(14)7-11(16)17/h1-4,10H,5-7,14H2,(H,15,18)(H,16,17)/t10-/m1/s1. The number of carbonyl (C=O) groups excluding carboxylic acids is 1. The van der Waals surface area contributed by atoms with Crippen LogP contribution in [0.5, 0.6) is 0 Å². The topological polar surface area (TPSA) is 92.4 Å². The second-order valence-electron chi connectivity index (χ2n) is 3.87. The molecule has 1 atom stereocenters. The van der Waals surface area contributed by atoms with Gasteiger partial charge in [-0.15, -0.1) is 0 Å². The Morgan fingerprint density at radius 2 is 1.94 bits per heavy atom. The molecule has 0 fully saturated rings. The summed E-state index contributed by atoms with van der Waals surface area (Å²) in [5, 5.41) is 11.0. The van der Waals surface area contributed by atoms with E-state index in [2.05, 4.69) is 5.32 Å². The highest BCUT2D eigenvalue weighted by molar-refractivity contribution is 5.85. The fourth-order valence-electron chi connectivity index (χ4n) is 1.39. The Hall–Kier alpha value is -1.95. The van der Waals surface area contributed by atoms with Gasteiger partial charge < -0.3 is 16.2 Å². The van der Waals surface area contributed by atoms with Crippen molar-refractivity contribution in [1.29, 1.82) is 0 Å². The Labute approximate surface area is 104 Å². The van der Waals surface area contributed by atoms with Gasteiger partial charge in [-0.1, -0.05) is 12.1 Å². The number of nitrogens with two attached hydrogens (primary N) is 1. The fourth-order valence-corrected chi connectivity index (χ4v) is 1.39. The third-order valence-electron chi connectivity index (χ3n) is 2.36. The molecule has 0 aromatic heterocycles. The lowest BCUT2D eigenvalue weighted by atomic mass is 10.1. The normalized spacial score (nSPS) is 11.9. The second kappa shape index (κ2) is 6.70. The molecule has 98 valence electrons. The zero-order valence-electron chi connectivity index (χ0n) is 9.73. The van der Waals surface area contributed by atoms with Gasteiger partial charge in [0.05, 0.1) is 12.5 Å². The summed E-state index contributed by atoms with van der Waals surface area (Å²) in [5.74, 6) is -1.93. The highest BCUT2D eigenvalue weighted by Crippen LogP contribution is 2.02. The zero-order chi connectivity index (χ0) is 13.5.